The molecule has 1 N–H and O–H groups in total. The van der Waals surface area contributed by atoms with Crippen molar-refractivity contribution in [2.45, 2.75) is 12.5 Å². The summed E-state index contributed by atoms with van der Waals surface area (Å²) in [5.74, 6) is 0.793. The van der Waals surface area contributed by atoms with Crippen LogP contribution in [-0.2, 0) is 4.79 Å². The molecule has 0 spiro atoms. The zero-order valence-electron chi connectivity index (χ0n) is 12.9. The Morgan fingerprint density at radius 2 is 1.88 bits per heavy atom. The Morgan fingerprint density at radius 1 is 1.08 bits per heavy atom. The van der Waals surface area contributed by atoms with Crippen molar-refractivity contribution in [2.75, 3.05) is 18.2 Å². The van der Waals surface area contributed by atoms with Crippen molar-refractivity contribution in [2.24, 2.45) is 0 Å². The molecule has 0 aromatic heterocycles. The maximum Gasteiger partial charge on any atom is 0.252 e. The van der Waals surface area contributed by atoms with Gasteiger partial charge in [0.05, 0.1) is 0 Å². The minimum Gasteiger partial charge on any atom is -0.454 e. The van der Waals surface area contributed by atoms with Crippen LogP contribution in [0.1, 0.15) is 16.8 Å². The van der Waals surface area contributed by atoms with E-state index in [2.05, 4.69) is 5.32 Å². The van der Waals surface area contributed by atoms with Crippen molar-refractivity contribution in [3.8, 4) is 11.5 Å². The number of para-hydroxylation sites is 1. The standard InChI is InChI=1S/C18H16N2O4/c21-17(12-6-7-15-16(10-12)24-11-23-15)19-14-8-9-20(18(14)22)13-4-2-1-3-5-13/h1-7,10,14H,8-9,11H2,(H,19,21)/t14-/m1/s1. The number of fused-ring (bicyclic) bond motifs is 1. The van der Waals surface area contributed by atoms with Crippen molar-refractivity contribution < 1.29 is 19.1 Å². The molecule has 1 saturated heterocycles. The van der Waals surface area contributed by atoms with Gasteiger partial charge < -0.3 is 19.7 Å². The molecule has 0 unspecified atom stereocenters. The monoisotopic (exact) mass is 324 g/mol. The predicted octanol–water partition coefficient (Wildman–Crippen LogP) is 1.95. The number of carbonyl (C=O) groups excluding carboxylic acids is 2. The van der Waals surface area contributed by atoms with E-state index in [-0.39, 0.29) is 18.6 Å². The van der Waals surface area contributed by atoms with E-state index in [0.29, 0.717) is 30.0 Å². The molecule has 2 heterocycles. The van der Waals surface area contributed by atoms with Gasteiger partial charge in [0.25, 0.3) is 5.91 Å². The van der Waals surface area contributed by atoms with E-state index < -0.39 is 6.04 Å². The van der Waals surface area contributed by atoms with Gasteiger partial charge in [-0.2, -0.15) is 0 Å². The van der Waals surface area contributed by atoms with Crippen molar-refractivity contribution >= 4 is 17.5 Å². The Hall–Kier alpha value is -3.02. The average Bonchev–Trinajstić information content (AvgIpc) is 3.22. The van der Waals surface area contributed by atoms with Gasteiger partial charge in [-0.15, -0.1) is 0 Å². The number of carbonyl (C=O) groups is 2. The topological polar surface area (TPSA) is 67.9 Å². The third-order valence-electron chi connectivity index (χ3n) is 4.21. The van der Waals surface area contributed by atoms with Gasteiger partial charge in [-0.05, 0) is 36.8 Å². The summed E-state index contributed by atoms with van der Waals surface area (Å²) < 4.78 is 10.5. The van der Waals surface area contributed by atoms with E-state index in [4.69, 9.17) is 9.47 Å². The Labute approximate surface area is 139 Å². The summed E-state index contributed by atoms with van der Waals surface area (Å²) in [5.41, 5.74) is 1.30. The Kier molecular flexibility index (Phi) is 3.57. The predicted molar refractivity (Wildman–Crippen MR) is 87.2 cm³/mol. The molecule has 2 amide bonds. The van der Waals surface area contributed by atoms with E-state index >= 15 is 0 Å². The van der Waals surface area contributed by atoms with Gasteiger partial charge in [-0.25, -0.2) is 0 Å². The maximum atomic E-state index is 12.5. The lowest BCUT2D eigenvalue weighted by Crippen LogP contribution is -2.41. The van der Waals surface area contributed by atoms with Crippen LogP contribution in [0.15, 0.2) is 48.5 Å². The fraction of sp³-hybridized carbons (Fsp3) is 0.222. The fourth-order valence-corrected chi connectivity index (χ4v) is 2.96. The van der Waals surface area contributed by atoms with E-state index in [1.165, 1.54) is 0 Å². The lowest BCUT2D eigenvalue weighted by Gasteiger charge is -2.17. The zero-order chi connectivity index (χ0) is 16.5. The first-order valence-electron chi connectivity index (χ1n) is 7.79. The summed E-state index contributed by atoms with van der Waals surface area (Å²) in [6, 6.07) is 13.9. The van der Waals surface area contributed by atoms with Crippen LogP contribution in [0.3, 0.4) is 0 Å². The van der Waals surface area contributed by atoms with Crippen LogP contribution >= 0.6 is 0 Å². The minimum absolute atomic E-state index is 0.0877. The molecule has 24 heavy (non-hydrogen) atoms. The van der Waals surface area contributed by atoms with Gasteiger partial charge in [0.1, 0.15) is 6.04 Å². The van der Waals surface area contributed by atoms with Crippen LogP contribution in [0.25, 0.3) is 0 Å². The van der Waals surface area contributed by atoms with Crippen molar-refractivity contribution in [3.63, 3.8) is 0 Å². The first-order chi connectivity index (χ1) is 11.7. The van der Waals surface area contributed by atoms with Gasteiger partial charge >= 0.3 is 0 Å². The third-order valence-corrected chi connectivity index (χ3v) is 4.21. The largest absolute Gasteiger partial charge is 0.454 e. The Bertz CT molecular complexity index is 791. The summed E-state index contributed by atoms with van der Waals surface area (Å²) in [6.45, 7) is 0.752. The van der Waals surface area contributed by atoms with Crippen LogP contribution < -0.4 is 19.7 Å². The molecule has 2 aliphatic heterocycles. The number of rotatable bonds is 3. The normalized spacial score (nSPS) is 18.8. The molecule has 4 rings (SSSR count). The molecule has 6 heteroatoms. The molecule has 2 aliphatic rings. The molecule has 2 aromatic carbocycles. The number of hydrogen-bond acceptors (Lipinski definition) is 4. The molecule has 2 aromatic rings. The van der Waals surface area contributed by atoms with Crippen LogP contribution in [0.2, 0.25) is 0 Å². The minimum atomic E-state index is -0.511. The smallest absolute Gasteiger partial charge is 0.252 e. The van der Waals surface area contributed by atoms with E-state index in [0.717, 1.165) is 5.69 Å². The second-order valence-electron chi connectivity index (χ2n) is 5.71. The van der Waals surface area contributed by atoms with Gasteiger partial charge in [0.2, 0.25) is 12.7 Å². The third kappa shape index (κ3) is 2.56. The van der Waals surface area contributed by atoms with E-state index in [9.17, 15) is 9.59 Å². The highest BCUT2D eigenvalue weighted by atomic mass is 16.7. The average molecular weight is 324 g/mol. The van der Waals surface area contributed by atoms with Crippen LogP contribution in [0.4, 0.5) is 5.69 Å². The number of ether oxygens (including phenoxy) is 2. The SMILES string of the molecule is O=C(N[C@@H]1CCN(c2ccccc2)C1=O)c1ccc2c(c1)OCO2. The number of nitrogens with one attached hydrogen (secondary N) is 1. The number of anilines is 1. The number of amides is 2. The van der Waals surface area contributed by atoms with Crippen molar-refractivity contribution in [3.05, 3.63) is 54.1 Å². The fourth-order valence-electron chi connectivity index (χ4n) is 2.96. The number of nitrogens with zero attached hydrogens (tertiary/aromatic N) is 1. The first-order valence-corrected chi connectivity index (χ1v) is 7.79. The molecule has 1 fully saturated rings. The van der Waals surface area contributed by atoms with Crippen molar-refractivity contribution in [1.82, 2.24) is 5.32 Å². The zero-order valence-corrected chi connectivity index (χ0v) is 12.9. The molecule has 122 valence electrons. The van der Waals surface area contributed by atoms with Gasteiger partial charge in [0, 0.05) is 17.8 Å². The maximum absolute atomic E-state index is 12.5. The van der Waals surface area contributed by atoms with Gasteiger partial charge in [-0.3, -0.25) is 9.59 Å². The second-order valence-corrected chi connectivity index (χ2v) is 5.71. The molecule has 0 radical (unpaired) electrons. The second kappa shape index (κ2) is 5.88. The van der Waals surface area contributed by atoms with Crippen molar-refractivity contribution in [1.29, 1.82) is 0 Å². The Balaban J connectivity index is 1.46. The summed E-state index contributed by atoms with van der Waals surface area (Å²) in [6.07, 6.45) is 0.587. The number of benzene rings is 2. The summed E-state index contributed by atoms with van der Waals surface area (Å²) in [7, 11) is 0. The molecule has 0 saturated carbocycles. The van der Waals surface area contributed by atoms with Crippen LogP contribution in [0.5, 0.6) is 11.5 Å². The summed E-state index contributed by atoms with van der Waals surface area (Å²) in [4.78, 5) is 26.6. The molecular formula is C18H16N2O4. The molecule has 0 bridgehead atoms. The summed E-state index contributed by atoms with van der Waals surface area (Å²) in [5, 5.41) is 2.81. The Morgan fingerprint density at radius 3 is 2.71 bits per heavy atom. The lowest BCUT2D eigenvalue weighted by atomic mass is 10.1. The van der Waals surface area contributed by atoms with E-state index in [1.807, 2.05) is 30.3 Å². The highest BCUT2D eigenvalue weighted by Gasteiger charge is 2.33. The molecule has 6 nitrogen and oxygen atoms in total. The van der Waals surface area contributed by atoms with Gasteiger partial charge in [0.15, 0.2) is 11.5 Å². The highest BCUT2D eigenvalue weighted by molar-refractivity contribution is 6.04. The van der Waals surface area contributed by atoms with Crippen LogP contribution in [-0.4, -0.2) is 31.2 Å². The quantitative estimate of drug-likeness (QED) is 0.937. The lowest BCUT2D eigenvalue weighted by molar-refractivity contribution is -0.118. The highest BCUT2D eigenvalue weighted by Crippen LogP contribution is 2.32. The van der Waals surface area contributed by atoms with Crippen LogP contribution in [0, 0.1) is 0 Å². The summed E-state index contributed by atoms with van der Waals surface area (Å²) >= 11 is 0. The number of hydrogen-bond donors (Lipinski definition) is 1. The van der Waals surface area contributed by atoms with Gasteiger partial charge in [-0.1, -0.05) is 18.2 Å². The molecular weight excluding hydrogens is 308 g/mol. The molecule has 1 atom stereocenters. The van der Waals surface area contributed by atoms with E-state index in [1.54, 1.807) is 23.1 Å². The first kappa shape index (κ1) is 14.6. The molecule has 0 aliphatic carbocycles.